The van der Waals surface area contributed by atoms with Crippen molar-refractivity contribution in [3.8, 4) is 0 Å². The van der Waals surface area contributed by atoms with Crippen molar-refractivity contribution < 1.29 is 4.79 Å². The fourth-order valence-electron chi connectivity index (χ4n) is 1.46. The van der Waals surface area contributed by atoms with Gasteiger partial charge in [-0.3, -0.25) is 9.59 Å². The zero-order valence-corrected chi connectivity index (χ0v) is 11.4. The lowest BCUT2D eigenvalue weighted by atomic mass is 10.4. The molecule has 0 aliphatic carbocycles. The van der Waals surface area contributed by atoms with Gasteiger partial charge in [-0.2, -0.15) is 0 Å². The maximum atomic E-state index is 11.8. The van der Waals surface area contributed by atoms with Crippen molar-refractivity contribution in [3.63, 3.8) is 0 Å². The van der Waals surface area contributed by atoms with Crippen LogP contribution < -0.4 is 16.6 Å². The lowest BCUT2D eigenvalue weighted by molar-refractivity contribution is -0.116. The van der Waals surface area contributed by atoms with E-state index in [4.69, 9.17) is 5.73 Å². The van der Waals surface area contributed by atoms with Crippen molar-refractivity contribution in [2.75, 3.05) is 11.1 Å². The molecule has 3 N–H and O–H groups in total. The van der Waals surface area contributed by atoms with Crippen LogP contribution in [0.5, 0.6) is 0 Å². The van der Waals surface area contributed by atoms with E-state index in [1.54, 1.807) is 18.3 Å². The Bertz CT molecular complexity index is 652. The van der Waals surface area contributed by atoms with Crippen LogP contribution in [0.15, 0.2) is 45.9 Å². The van der Waals surface area contributed by atoms with Gasteiger partial charge in [0.2, 0.25) is 5.91 Å². The molecule has 1 amide bonds. The zero-order valence-electron chi connectivity index (χ0n) is 9.84. The van der Waals surface area contributed by atoms with E-state index in [-0.39, 0.29) is 18.0 Å². The van der Waals surface area contributed by atoms with Gasteiger partial charge in [0, 0.05) is 28.6 Å². The van der Waals surface area contributed by atoms with Crippen molar-refractivity contribution in [1.29, 1.82) is 0 Å². The molecule has 6 nitrogen and oxygen atoms in total. The second kappa shape index (κ2) is 5.66. The van der Waals surface area contributed by atoms with Crippen LogP contribution in [-0.2, 0) is 11.3 Å². The molecule has 0 bridgehead atoms. The van der Waals surface area contributed by atoms with Gasteiger partial charge in [0.15, 0.2) is 0 Å². The molecule has 7 heteroatoms. The first-order valence-electron chi connectivity index (χ1n) is 5.42. The van der Waals surface area contributed by atoms with Crippen molar-refractivity contribution in [2.45, 2.75) is 6.54 Å². The first-order chi connectivity index (χ1) is 9.04. The molecular weight excluding hydrogens is 312 g/mol. The number of aromatic nitrogens is 2. The largest absolute Gasteiger partial charge is 0.398 e. The summed E-state index contributed by atoms with van der Waals surface area (Å²) >= 11 is 3.25. The Morgan fingerprint density at radius 1 is 1.37 bits per heavy atom. The Labute approximate surface area is 117 Å². The highest BCUT2D eigenvalue weighted by molar-refractivity contribution is 9.10. The van der Waals surface area contributed by atoms with E-state index < -0.39 is 0 Å². The summed E-state index contributed by atoms with van der Waals surface area (Å²) < 4.78 is 2.06. The third-order valence-corrected chi connectivity index (χ3v) is 2.78. The van der Waals surface area contributed by atoms with Gasteiger partial charge >= 0.3 is 0 Å². The third-order valence-electron chi connectivity index (χ3n) is 2.32. The molecule has 0 unspecified atom stereocenters. The summed E-state index contributed by atoms with van der Waals surface area (Å²) in [6.45, 7) is -0.110. The smallest absolute Gasteiger partial charge is 0.251 e. The molecule has 19 heavy (non-hydrogen) atoms. The molecule has 2 heterocycles. The fraction of sp³-hybridized carbons (Fsp3) is 0.0833. The van der Waals surface area contributed by atoms with Crippen LogP contribution in [0.1, 0.15) is 0 Å². The number of halogens is 1. The van der Waals surface area contributed by atoms with Crippen LogP contribution in [0.25, 0.3) is 0 Å². The normalized spacial score (nSPS) is 10.2. The van der Waals surface area contributed by atoms with Crippen LogP contribution in [0, 0.1) is 0 Å². The number of pyridine rings is 2. The molecular formula is C12H11BrN4O2. The van der Waals surface area contributed by atoms with E-state index in [0.717, 1.165) is 4.47 Å². The summed E-state index contributed by atoms with van der Waals surface area (Å²) in [5.74, 6) is 0.0766. The molecule has 0 radical (unpaired) electrons. The average Bonchev–Trinajstić information content (AvgIpc) is 2.37. The predicted molar refractivity (Wildman–Crippen MR) is 75.7 cm³/mol. The van der Waals surface area contributed by atoms with Gasteiger partial charge in [0.1, 0.15) is 12.4 Å². The van der Waals surface area contributed by atoms with E-state index in [0.29, 0.717) is 11.5 Å². The molecule has 2 rings (SSSR count). The zero-order chi connectivity index (χ0) is 13.8. The highest BCUT2D eigenvalue weighted by Gasteiger charge is 2.06. The Hall–Kier alpha value is -2.15. The van der Waals surface area contributed by atoms with Gasteiger partial charge in [-0.15, -0.1) is 0 Å². The monoisotopic (exact) mass is 322 g/mol. The maximum Gasteiger partial charge on any atom is 0.251 e. The Morgan fingerprint density at radius 3 is 2.84 bits per heavy atom. The number of rotatable bonds is 3. The number of nitrogens with one attached hydrogen (secondary N) is 1. The number of nitrogens with two attached hydrogens (primary N) is 1. The second-order valence-corrected chi connectivity index (χ2v) is 4.75. The van der Waals surface area contributed by atoms with Crippen LogP contribution in [0.2, 0.25) is 0 Å². The van der Waals surface area contributed by atoms with Crippen LogP contribution >= 0.6 is 15.9 Å². The van der Waals surface area contributed by atoms with Crippen LogP contribution in [-0.4, -0.2) is 15.5 Å². The summed E-state index contributed by atoms with van der Waals surface area (Å²) in [5.41, 5.74) is 5.70. The number of amides is 1. The van der Waals surface area contributed by atoms with E-state index in [1.807, 2.05) is 0 Å². The van der Waals surface area contributed by atoms with Gasteiger partial charge < -0.3 is 15.6 Å². The predicted octanol–water partition coefficient (Wildman–Crippen LogP) is 1.23. The Morgan fingerprint density at radius 2 is 2.16 bits per heavy atom. The van der Waals surface area contributed by atoms with E-state index in [1.165, 1.54) is 22.9 Å². The summed E-state index contributed by atoms with van der Waals surface area (Å²) in [5, 5.41) is 2.59. The standard InChI is InChI=1S/C12H11BrN4O2/c13-8-1-3-10(15-5-8)16-11(18)7-17-6-9(14)2-4-12(17)19/h1-6H,7,14H2,(H,15,16,18). The SMILES string of the molecule is Nc1ccc(=O)n(CC(=O)Nc2ccc(Br)cn2)c1. The summed E-state index contributed by atoms with van der Waals surface area (Å²) in [6.07, 6.45) is 3.00. The van der Waals surface area contributed by atoms with Gasteiger partial charge in [-0.05, 0) is 34.1 Å². The highest BCUT2D eigenvalue weighted by atomic mass is 79.9. The average molecular weight is 323 g/mol. The van der Waals surface area contributed by atoms with Gasteiger partial charge in [-0.25, -0.2) is 4.98 Å². The molecule has 0 aliphatic heterocycles. The number of hydrogen-bond acceptors (Lipinski definition) is 4. The van der Waals surface area contributed by atoms with Crippen LogP contribution in [0.4, 0.5) is 11.5 Å². The summed E-state index contributed by atoms with van der Waals surface area (Å²) in [6, 6.07) is 6.23. The van der Waals surface area contributed by atoms with Crippen molar-refractivity contribution >= 4 is 33.3 Å². The lowest BCUT2D eigenvalue weighted by Gasteiger charge is -2.07. The molecule has 0 saturated heterocycles. The van der Waals surface area contributed by atoms with Gasteiger partial charge in [-0.1, -0.05) is 0 Å². The minimum absolute atomic E-state index is 0.110. The molecule has 2 aromatic rings. The quantitative estimate of drug-likeness (QED) is 0.889. The lowest BCUT2D eigenvalue weighted by Crippen LogP contribution is -2.27. The van der Waals surface area contributed by atoms with Crippen molar-refractivity contribution in [3.05, 3.63) is 51.5 Å². The minimum Gasteiger partial charge on any atom is -0.398 e. The van der Waals surface area contributed by atoms with E-state index in [2.05, 4.69) is 26.2 Å². The first kappa shape index (κ1) is 13.3. The summed E-state index contributed by atoms with van der Waals surface area (Å²) in [4.78, 5) is 27.3. The Balaban J connectivity index is 2.07. The van der Waals surface area contributed by atoms with E-state index in [9.17, 15) is 9.59 Å². The minimum atomic E-state index is -0.345. The molecule has 2 aromatic heterocycles. The Kier molecular flexibility index (Phi) is 3.96. The molecule has 0 aliphatic rings. The topological polar surface area (TPSA) is 90.0 Å². The number of nitrogens with zero attached hydrogens (tertiary/aromatic N) is 2. The third kappa shape index (κ3) is 3.65. The number of anilines is 2. The van der Waals surface area contributed by atoms with Gasteiger partial charge in [0.25, 0.3) is 5.56 Å². The molecule has 0 aromatic carbocycles. The van der Waals surface area contributed by atoms with Crippen LogP contribution in [0.3, 0.4) is 0 Å². The number of nitrogen functional groups attached to an aromatic ring is 1. The van der Waals surface area contributed by atoms with E-state index >= 15 is 0 Å². The first-order valence-corrected chi connectivity index (χ1v) is 6.21. The molecule has 0 saturated carbocycles. The highest BCUT2D eigenvalue weighted by Crippen LogP contribution is 2.10. The molecule has 0 atom stereocenters. The molecule has 0 fully saturated rings. The maximum absolute atomic E-state index is 11.8. The van der Waals surface area contributed by atoms with Gasteiger partial charge in [0.05, 0.1) is 0 Å². The molecule has 0 spiro atoms. The summed E-state index contributed by atoms with van der Waals surface area (Å²) in [7, 11) is 0. The van der Waals surface area contributed by atoms with Crippen molar-refractivity contribution in [2.24, 2.45) is 0 Å². The number of carbonyl (C=O) groups excluding carboxylic acids is 1. The van der Waals surface area contributed by atoms with Crippen molar-refractivity contribution in [1.82, 2.24) is 9.55 Å². The molecule has 98 valence electrons. The fourth-order valence-corrected chi connectivity index (χ4v) is 1.69. The number of hydrogen-bond donors (Lipinski definition) is 2. The second-order valence-electron chi connectivity index (χ2n) is 3.84. The number of carbonyl (C=O) groups is 1.